The second kappa shape index (κ2) is 11.2. The van der Waals surface area contributed by atoms with E-state index in [9.17, 15) is 13.2 Å². The number of halogens is 3. The molecule has 0 spiro atoms. The molecule has 1 saturated heterocycles. The Balaban J connectivity index is 1.44. The summed E-state index contributed by atoms with van der Waals surface area (Å²) in [6, 6.07) is 5.68. The number of ether oxygens (including phenoxy) is 1. The first-order valence-electron chi connectivity index (χ1n) is 12.6. The molecule has 1 N–H and O–H groups in total. The molecule has 0 aromatic carbocycles. The van der Waals surface area contributed by atoms with Crippen molar-refractivity contribution in [3.05, 3.63) is 58.7 Å². The van der Waals surface area contributed by atoms with E-state index < -0.39 is 11.7 Å². The van der Waals surface area contributed by atoms with Crippen molar-refractivity contribution in [3.63, 3.8) is 0 Å². The van der Waals surface area contributed by atoms with Crippen molar-refractivity contribution in [3.8, 4) is 0 Å². The van der Waals surface area contributed by atoms with E-state index in [2.05, 4.69) is 28.6 Å². The molecule has 1 saturated carbocycles. The predicted molar refractivity (Wildman–Crippen MR) is 127 cm³/mol. The Kier molecular flexibility index (Phi) is 8.25. The van der Waals surface area contributed by atoms with Crippen LogP contribution in [-0.4, -0.2) is 29.7 Å². The monoisotopic (exact) mass is 475 g/mol. The van der Waals surface area contributed by atoms with Crippen LogP contribution in [0.3, 0.4) is 0 Å². The lowest BCUT2D eigenvalue weighted by Crippen LogP contribution is -2.33. The van der Waals surface area contributed by atoms with Crippen LogP contribution < -0.4 is 5.32 Å². The summed E-state index contributed by atoms with van der Waals surface area (Å²) in [5.74, 6) is 0.660. The molecule has 1 aliphatic heterocycles. The smallest absolute Gasteiger partial charge is 0.381 e. The third-order valence-electron chi connectivity index (χ3n) is 7.63. The van der Waals surface area contributed by atoms with Gasteiger partial charge in [0.05, 0.1) is 5.56 Å². The highest BCUT2D eigenvalue weighted by Crippen LogP contribution is 2.40. The summed E-state index contributed by atoms with van der Waals surface area (Å²) in [4.78, 5) is 8.90. The van der Waals surface area contributed by atoms with Gasteiger partial charge in [0.2, 0.25) is 0 Å². The highest BCUT2D eigenvalue weighted by molar-refractivity contribution is 5.27. The summed E-state index contributed by atoms with van der Waals surface area (Å²) in [6.07, 6.45) is 9.24. The zero-order valence-corrected chi connectivity index (χ0v) is 20.1. The highest BCUT2D eigenvalue weighted by Gasteiger charge is 2.34. The zero-order chi connectivity index (χ0) is 24.0. The largest absolute Gasteiger partial charge is 0.418 e. The number of nitrogens with one attached hydrogen (secondary N) is 1. The van der Waals surface area contributed by atoms with Gasteiger partial charge in [-0.05, 0) is 81.2 Å². The lowest BCUT2D eigenvalue weighted by molar-refractivity contribution is -0.138. The molecule has 34 heavy (non-hydrogen) atoms. The fourth-order valence-corrected chi connectivity index (χ4v) is 5.20. The second-order valence-electron chi connectivity index (χ2n) is 9.96. The van der Waals surface area contributed by atoms with E-state index in [-0.39, 0.29) is 11.1 Å². The van der Waals surface area contributed by atoms with Crippen LogP contribution in [0.25, 0.3) is 0 Å². The Morgan fingerprint density at radius 3 is 2.59 bits per heavy atom. The van der Waals surface area contributed by atoms with Crippen LogP contribution in [0, 0.1) is 6.92 Å². The quantitative estimate of drug-likeness (QED) is 0.466. The van der Waals surface area contributed by atoms with Gasteiger partial charge in [-0.2, -0.15) is 13.2 Å². The van der Waals surface area contributed by atoms with E-state index in [4.69, 9.17) is 9.72 Å². The summed E-state index contributed by atoms with van der Waals surface area (Å²) in [7, 11) is 0. The number of alkyl halides is 3. The Bertz CT molecular complexity index is 916. The van der Waals surface area contributed by atoms with Gasteiger partial charge in [-0.1, -0.05) is 25.3 Å². The van der Waals surface area contributed by atoms with Crippen molar-refractivity contribution in [1.29, 1.82) is 0 Å². The molecule has 1 atom stereocenters. The normalized spacial score (nSPS) is 22.5. The number of hydrogen-bond donors (Lipinski definition) is 1. The van der Waals surface area contributed by atoms with Crippen molar-refractivity contribution in [2.45, 2.75) is 88.8 Å². The molecule has 186 valence electrons. The lowest BCUT2D eigenvalue weighted by atomic mass is 9.73. The van der Waals surface area contributed by atoms with Gasteiger partial charge in [-0.25, -0.2) is 0 Å². The molecule has 2 fully saturated rings. The number of nitrogens with zero attached hydrogens (tertiary/aromatic N) is 2. The number of rotatable bonds is 7. The topological polar surface area (TPSA) is 47.0 Å². The van der Waals surface area contributed by atoms with Crippen molar-refractivity contribution in [2.24, 2.45) is 0 Å². The van der Waals surface area contributed by atoms with E-state index in [0.717, 1.165) is 50.8 Å². The Morgan fingerprint density at radius 2 is 1.88 bits per heavy atom. The molecule has 2 aromatic rings. The van der Waals surface area contributed by atoms with Crippen LogP contribution >= 0.6 is 0 Å². The molecule has 2 aliphatic rings. The minimum atomic E-state index is -4.38. The maximum Gasteiger partial charge on any atom is 0.418 e. The van der Waals surface area contributed by atoms with Gasteiger partial charge in [-0.3, -0.25) is 9.97 Å². The van der Waals surface area contributed by atoms with Crippen LogP contribution in [0.1, 0.15) is 91.8 Å². The van der Waals surface area contributed by atoms with Gasteiger partial charge in [-0.15, -0.1) is 0 Å². The minimum absolute atomic E-state index is 0.0113. The fourth-order valence-electron chi connectivity index (χ4n) is 5.20. The van der Waals surface area contributed by atoms with Crippen molar-refractivity contribution in [1.82, 2.24) is 15.3 Å². The van der Waals surface area contributed by atoms with E-state index >= 15 is 0 Å². The number of pyridine rings is 2. The molecule has 3 heterocycles. The molecular formula is C27H36F3N3O. The van der Waals surface area contributed by atoms with Crippen molar-refractivity contribution < 1.29 is 17.9 Å². The van der Waals surface area contributed by atoms with Gasteiger partial charge in [0, 0.05) is 49.0 Å². The maximum atomic E-state index is 13.2. The highest BCUT2D eigenvalue weighted by atomic mass is 19.4. The van der Waals surface area contributed by atoms with Crippen molar-refractivity contribution in [2.75, 3.05) is 19.8 Å². The third-order valence-corrected chi connectivity index (χ3v) is 7.63. The summed E-state index contributed by atoms with van der Waals surface area (Å²) in [5, 5.41) is 3.37. The molecular weight excluding hydrogens is 439 g/mol. The third kappa shape index (κ3) is 6.16. The summed E-state index contributed by atoms with van der Waals surface area (Å²) < 4.78 is 45.6. The Morgan fingerprint density at radius 1 is 1.03 bits per heavy atom. The van der Waals surface area contributed by atoms with Crippen LogP contribution in [0.5, 0.6) is 0 Å². The lowest BCUT2D eigenvalue weighted by Gasteiger charge is -2.34. The average Bonchev–Trinajstić information content (AvgIpc) is 2.89. The number of hydrogen-bond acceptors (Lipinski definition) is 4. The number of aryl methyl sites for hydroxylation is 1. The standard InChI is InChI=1S/C27H36F3N3O/c1-20-24(27(28,29)30)16-21(18-32-20)17-31-13-11-26(10-3-2-4-14-34-15-12-26)25-9-8-23(19-33-25)22-6-5-7-22/h8-9,16,18-19,22,31H,2-7,10-15,17H2,1H3. The van der Waals surface area contributed by atoms with Gasteiger partial charge in [0.1, 0.15) is 0 Å². The molecule has 1 aliphatic carbocycles. The molecule has 4 rings (SSSR count). The molecule has 0 radical (unpaired) electrons. The van der Waals surface area contributed by atoms with Crippen molar-refractivity contribution >= 4 is 0 Å². The molecule has 1 unspecified atom stereocenters. The molecule has 2 aromatic heterocycles. The van der Waals surface area contributed by atoms with E-state index in [0.29, 0.717) is 31.2 Å². The number of aromatic nitrogens is 2. The van der Waals surface area contributed by atoms with Crippen LogP contribution in [0.2, 0.25) is 0 Å². The summed E-state index contributed by atoms with van der Waals surface area (Å²) >= 11 is 0. The first-order valence-corrected chi connectivity index (χ1v) is 12.6. The van der Waals surface area contributed by atoms with Crippen LogP contribution in [0.4, 0.5) is 13.2 Å². The zero-order valence-electron chi connectivity index (χ0n) is 20.1. The van der Waals surface area contributed by atoms with Crippen LogP contribution in [-0.2, 0) is 22.9 Å². The van der Waals surface area contributed by atoms with E-state index in [1.807, 2.05) is 0 Å². The SMILES string of the molecule is Cc1ncc(CNCCC2(c3ccc(C4CCC4)cn3)CCCCCOCC2)cc1C(F)(F)F. The summed E-state index contributed by atoms with van der Waals surface area (Å²) in [5.41, 5.74) is 2.28. The first-order chi connectivity index (χ1) is 16.4. The van der Waals surface area contributed by atoms with Gasteiger partial charge >= 0.3 is 6.18 Å². The maximum absolute atomic E-state index is 13.2. The second-order valence-corrected chi connectivity index (χ2v) is 9.96. The molecule has 0 bridgehead atoms. The Hall–Kier alpha value is -1.99. The van der Waals surface area contributed by atoms with Gasteiger partial charge < -0.3 is 10.1 Å². The van der Waals surface area contributed by atoms with Gasteiger partial charge in [0.25, 0.3) is 0 Å². The first kappa shape index (κ1) is 25.1. The van der Waals surface area contributed by atoms with E-state index in [1.54, 1.807) is 0 Å². The van der Waals surface area contributed by atoms with E-state index in [1.165, 1.54) is 44.0 Å². The predicted octanol–water partition coefficient (Wildman–Crippen LogP) is 6.47. The van der Waals surface area contributed by atoms with Crippen LogP contribution in [0.15, 0.2) is 30.6 Å². The fraction of sp³-hybridized carbons (Fsp3) is 0.630. The minimum Gasteiger partial charge on any atom is -0.381 e. The Labute approximate surface area is 200 Å². The molecule has 0 amide bonds. The average molecular weight is 476 g/mol. The molecule has 4 nitrogen and oxygen atoms in total. The van der Waals surface area contributed by atoms with Gasteiger partial charge in [0.15, 0.2) is 0 Å². The molecule has 7 heteroatoms. The summed E-state index contributed by atoms with van der Waals surface area (Å²) in [6.45, 7) is 3.97.